The van der Waals surface area contributed by atoms with Crippen LogP contribution in [0.15, 0.2) is 114 Å². The second-order valence-electron chi connectivity index (χ2n) is 9.92. The van der Waals surface area contributed by atoms with Crippen LogP contribution in [0.5, 0.6) is 11.5 Å². The van der Waals surface area contributed by atoms with Gasteiger partial charge in [-0.3, -0.25) is 13.9 Å². The Kier molecular flexibility index (Phi) is 11.0. The molecule has 44 heavy (non-hydrogen) atoms. The number of anilines is 1. The van der Waals surface area contributed by atoms with Crippen molar-refractivity contribution < 1.29 is 27.5 Å². The van der Waals surface area contributed by atoms with E-state index in [1.807, 2.05) is 36.4 Å². The molecule has 0 saturated carbocycles. The molecule has 4 rings (SSSR count). The van der Waals surface area contributed by atoms with E-state index in [9.17, 15) is 18.0 Å². The van der Waals surface area contributed by atoms with Gasteiger partial charge in [-0.25, -0.2) is 8.42 Å². The molecule has 0 aliphatic rings. The third-order valence-electron chi connectivity index (χ3n) is 7.05. The summed E-state index contributed by atoms with van der Waals surface area (Å²) in [4.78, 5) is 29.3. The van der Waals surface area contributed by atoms with E-state index in [2.05, 4.69) is 5.32 Å². The van der Waals surface area contributed by atoms with E-state index >= 15 is 0 Å². The highest BCUT2D eigenvalue weighted by molar-refractivity contribution is 7.92. The lowest BCUT2D eigenvalue weighted by Gasteiger charge is -2.34. The minimum atomic E-state index is -4.23. The topological polar surface area (TPSA) is 105 Å². The standard InChI is InChI=1S/C34H37N3O6S/c1-4-43-32-21-12-11-20-30(32)37(44(40,41)29-18-9-6-10-19-29)25-33(38)36(24-27-16-13-17-28(22-27)42-3)31(34(39)35-2)23-26-14-7-5-8-15-26/h5-22,31H,4,23-25H2,1-3H3,(H,35,39)/t31-/m0/s1. The Hall–Kier alpha value is -4.83. The molecule has 4 aromatic carbocycles. The minimum Gasteiger partial charge on any atom is -0.497 e. The molecule has 9 nitrogen and oxygen atoms in total. The lowest BCUT2D eigenvalue weighted by molar-refractivity contribution is -0.139. The Bertz CT molecular complexity index is 1650. The second kappa shape index (κ2) is 15.1. The lowest BCUT2D eigenvalue weighted by Crippen LogP contribution is -2.53. The second-order valence-corrected chi connectivity index (χ2v) is 11.8. The van der Waals surface area contributed by atoms with E-state index < -0.39 is 28.5 Å². The normalized spacial score (nSPS) is 11.7. The molecule has 1 N–H and O–H groups in total. The van der Waals surface area contributed by atoms with Crippen LogP contribution in [-0.2, 0) is 32.6 Å². The first-order valence-electron chi connectivity index (χ1n) is 14.3. The van der Waals surface area contributed by atoms with Gasteiger partial charge in [0.05, 0.1) is 24.3 Å². The van der Waals surface area contributed by atoms with Crippen molar-refractivity contribution in [3.8, 4) is 11.5 Å². The average Bonchev–Trinajstić information content (AvgIpc) is 3.06. The van der Waals surface area contributed by atoms with Crippen molar-refractivity contribution >= 4 is 27.5 Å². The molecule has 230 valence electrons. The van der Waals surface area contributed by atoms with E-state index in [0.29, 0.717) is 23.7 Å². The maximum atomic E-state index is 14.5. The maximum absolute atomic E-state index is 14.5. The van der Waals surface area contributed by atoms with E-state index in [0.717, 1.165) is 9.87 Å². The van der Waals surface area contributed by atoms with Crippen LogP contribution in [-0.4, -0.2) is 58.5 Å². The van der Waals surface area contributed by atoms with Crippen molar-refractivity contribution in [1.82, 2.24) is 10.2 Å². The van der Waals surface area contributed by atoms with Gasteiger partial charge in [0.2, 0.25) is 11.8 Å². The summed E-state index contributed by atoms with van der Waals surface area (Å²) in [5, 5.41) is 2.69. The van der Waals surface area contributed by atoms with Gasteiger partial charge in [-0.15, -0.1) is 0 Å². The number of ether oxygens (including phenoxy) is 2. The van der Waals surface area contributed by atoms with Gasteiger partial charge in [0.1, 0.15) is 24.1 Å². The Morgan fingerprint density at radius 1 is 0.841 bits per heavy atom. The Morgan fingerprint density at radius 2 is 1.48 bits per heavy atom. The number of para-hydroxylation sites is 2. The highest BCUT2D eigenvalue weighted by atomic mass is 32.2. The molecule has 0 aliphatic heterocycles. The fourth-order valence-electron chi connectivity index (χ4n) is 4.86. The number of likely N-dealkylation sites (N-methyl/N-ethyl adjacent to an activating group) is 1. The fourth-order valence-corrected chi connectivity index (χ4v) is 6.31. The molecular formula is C34H37N3O6S. The third-order valence-corrected chi connectivity index (χ3v) is 8.82. The van der Waals surface area contributed by atoms with E-state index in [4.69, 9.17) is 9.47 Å². The summed E-state index contributed by atoms with van der Waals surface area (Å²) in [5.41, 5.74) is 1.78. The summed E-state index contributed by atoms with van der Waals surface area (Å²) >= 11 is 0. The molecule has 0 spiro atoms. The van der Waals surface area contributed by atoms with Gasteiger partial charge in [-0.1, -0.05) is 72.8 Å². The number of sulfonamides is 1. The van der Waals surface area contributed by atoms with Crippen LogP contribution in [0.25, 0.3) is 0 Å². The molecule has 0 saturated heterocycles. The van der Waals surface area contributed by atoms with Gasteiger partial charge in [0, 0.05) is 20.0 Å². The van der Waals surface area contributed by atoms with Crippen LogP contribution in [0.3, 0.4) is 0 Å². The van der Waals surface area contributed by atoms with Crippen molar-refractivity contribution in [3.63, 3.8) is 0 Å². The zero-order valence-corrected chi connectivity index (χ0v) is 25.9. The van der Waals surface area contributed by atoms with Crippen molar-refractivity contribution in [2.75, 3.05) is 31.6 Å². The van der Waals surface area contributed by atoms with Crippen molar-refractivity contribution in [2.45, 2.75) is 30.8 Å². The van der Waals surface area contributed by atoms with E-state index in [1.54, 1.807) is 74.7 Å². The van der Waals surface area contributed by atoms with Crippen molar-refractivity contribution in [2.24, 2.45) is 0 Å². The van der Waals surface area contributed by atoms with Crippen LogP contribution in [0.2, 0.25) is 0 Å². The predicted molar refractivity (Wildman–Crippen MR) is 170 cm³/mol. The molecule has 1 atom stereocenters. The van der Waals surface area contributed by atoms with E-state index in [-0.39, 0.29) is 29.5 Å². The Balaban J connectivity index is 1.82. The van der Waals surface area contributed by atoms with Gasteiger partial charge in [0.15, 0.2) is 0 Å². The molecule has 0 aliphatic carbocycles. The van der Waals surface area contributed by atoms with E-state index in [1.165, 1.54) is 24.1 Å². The van der Waals surface area contributed by atoms with Crippen molar-refractivity contribution in [1.29, 1.82) is 0 Å². The number of carbonyl (C=O) groups excluding carboxylic acids is 2. The van der Waals surface area contributed by atoms with Gasteiger partial charge in [-0.05, 0) is 54.4 Å². The number of nitrogens with one attached hydrogen (secondary N) is 1. The van der Waals surface area contributed by atoms with Gasteiger partial charge >= 0.3 is 0 Å². The van der Waals surface area contributed by atoms with Crippen LogP contribution in [0, 0.1) is 0 Å². The third kappa shape index (κ3) is 7.76. The molecule has 0 bridgehead atoms. The monoisotopic (exact) mass is 615 g/mol. The highest BCUT2D eigenvalue weighted by Gasteiger charge is 2.35. The van der Waals surface area contributed by atoms with Crippen LogP contribution in [0.4, 0.5) is 5.69 Å². The highest BCUT2D eigenvalue weighted by Crippen LogP contribution is 2.33. The molecule has 2 amide bonds. The summed E-state index contributed by atoms with van der Waals surface area (Å²) in [6.07, 6.45) is 0.219. The largest absolute Gasteiger partial charge is 0.497 e. The minimum absolute atomic E-state index is 0.0191. The summed E-state index contributed by atoms with van der Waals surface area (Å²) in [7, 11) is -1.17. The predicted octanol–water partition coefficient (Wildman–Crippen LogP) is 4.68. The average molecular weight is 616 g/mol. The lowest BCUT2D eigenvalue weighted by atomic mass is 10.0. The summed E-state index contributed by atoms with van der Waals surface area (Å²) in [6.45, 7) is 1.55. The smallest absolute Gasteiger partial charge is 0.264 e. The number of benzene rings is 4. The molecule has 10 heteroatoms. The van der Waals surface area contributed by atoms with Gasteiger partial charge in [0.25, 0.3) is 10.0 Å². The SMILES string of the molecule is CCOc1ccccc1N(CC(=O)N(Cc1cccc(OC)c1)[C@@H](Cc1ccccc1)C(=O)NC)S(=O)(=O)c1ccccc1. The zero-order chi connectivity index (χ0) is 31.5. The number of nitrogens with zero attached hydrogens (tertiary/aromatic N) is 2. The quantitative estimate of drug-likeness (QED) is 0.221. The number of carbonyl (C=O) groups is 2. The maximum Gasteiger partial charge on any atom is 0.264 e. The number of hydrogen-bond donors (Lipinski definition) is 1. The van der Waals surface area contributed by atoms with Crippen LogP contribution < -0.4 is 19.1 Å². The first kappa shape index (κ1) is 32.1. The van der Waals surface area contributed by atoms with Crippen LogP contribution >= 0.6 is 0 Å². The van der Waals surface area contributed by atoms with Crippen LogP contribution in [0.1, 0.15) is 18.1 Å². The number of hydrogen-bond acceptors (Lipinski definition) is 6. The molecular weight excluding hydrogens is 578 g/mol. The molecule has 0 fully saturated rings. The molecule has 0 radical (unpaired) electrons. The summed E-state index contributed by atoms with van der Waals surface area (Å²) < 4.78 is 40.5. The van der Waals surface area contributed by atoms with Crippen molar-refractivity contribution in [3.05, 3.63) is 120 Å². The first-order chi connectivity index (χ1) is 21.3. The Morgan fingerprint density at radius 3 is 2.14 bits per heavy atom. The number of methoxy groups -OCH3 is 1. The van der Waals surface area contributed by atoms with Gasteiger partial charge < -0.3 is 19.7 Å². The molecule has 4 aromatic rings. The summed E-state index contributed by atoms with van der Waals surface area (Å²) in [5.74, 6) is -0.0393. The number of rotatable bonds is 14. The molecule has 0 aromatic heterocycles. The number of amides is 2. The summed E-state index contributed by atoms with van der Waals surface area (Å²) in [6, 6.07) is 30.2. The first-order valence-corrected chi connectivity index (χ1v) is 15.7. The fraction of sp³-hybridized carbons (Fsp3) is 0.235. The van der Waals surface area contributed by atoms with Gasteiger partial charge in [-0.2, -0.15) is 0 Å². The zero-order valence-electron chi connectivity index (χ0n) is 25.1. The Labute approximate surface area is 259 Å². The molecule has 0 heterocycles. The molecule has 0 unspecified atom stereocenters.